The number of aromatic nitrogens is 4. The van der Waals surface area contributed by atoms with Crippen LogP contribution in [0.3, 0.4) is 0 Å². The standard InChI is InChI=1S/C26H26F3N7O4/c1-25(2)39-14-19(40-25)13-38-23-31-9-17(10-32-23)33-24(37)36-18-6-7-35(12-18)20-11-30-21(34-22(20)36)15-4-3-5-16(8-15)26(27,28)29/h3-5,8-11,18-19H,6-7,12-14H2,1-2H3,(H,33,37)/t18-,19?/m0/s1. The largest absolute Gasteiger partial charge is 0.461 e. The number of fused-ring (bicyclic) bond motifs is 4. The van der Waals surface area contributed by atoms with Crippen molar-refractivity contribution in [3.05, 3.63) is 48.4 Å². The van der Waals surface area contributed by atoms with Crippen molar-refractivity contribution in [3.63, 3.8) is 0 Å². The molecule has 14 heteroatoms. The third-order valence-corrected chi connectivity index (χ3v) is 6.86. The van der Waals surface area contributed by atoms with E-state index in [1.165, 1.54) is 29.4 Å². The first-order valence-electron chi connectivity index (χ1n) is 12.7. The third kappa shape index (κ3) is 5.23. The number of halogens is 3. The number of hydrogen-bond acceptors (Lipinski definition) is 9. The molecule has 0 radical (unpaired) electrons. The van der Waals surface area contributed by atoms with Gasteiger partial charge in [-0.15, -0.1) is 0 Å². The van der Waals surface area contributed by atoms with E-state index < -0.39 is 23.6 Å². The highest BCUT2D eigenvalue weighted by Gasteiger charge is 2.41. The Hall–Kier alpha value is -4.04. The Bertz CT molecular complexity index is 1420. The highest BCUT2D eigenvalue weighted by molar-refractivity contribution is 6.04. The highest BCUT2D eigenvalue weighted by atomic mass is 19.4. The molecule has 2 saturated heterocycles. The summed E-state index contributed by atoms with van der Waals surface area (Å²) in [6.07, 6.45) is 0.363. The predicted molar refractivity (Wildman–Crippen MR) is 137 cm³/mol. The number of amides is 2. The zero-order valence-corrected chi connectivity index (χ0v) is 21.7. The summed E-state index contributed by atoms with van der Waals surface area (Å²) in [5.74, 6) is -0.239. The molecule has 2 bridgehead atoms. The quantitative estimate of drug-likeness (QED) is 0.495. The lowest BCUT2D eigenvalue weighted by atomic mass is 10.1. The fourth-order valence-electron chi connectivity index (χ4n) is 5.00. The molecule has 1 aromatic carbocycles. The van der Waals surface area contributed by atoms with Crippen LogP contribution in [-0.2, 0) is 15.7 Å². The Balaban J connectivity index is 1.19. The lowest BCUT2D eigenvalue weighted by Crippen LogP contribution is -2.48. The van der Waals surface area contributed by atoms with Crippen LogP contribution in [0.5, 0.6) is 6.01 Å². The number of ether oxygens (including phenoxy) is 3. The van der Waals surface area contributed by atoms with Gasteiger partial charge < -0.3 is 24.4 Å². The molecule has 2 atom stereocenters. The Kier molecular flexibility index (Phi) is 6.45. The molecule has 6 rings (SSSR count). The minimum absolute atomic E-state index is 0.0926. The van der Waals surface area contributed by atoms with E-state index in [4.69, 9.17) is 14.2 Å². The Morgan fingerprint density at radius 1 is 1.20 bits per heavy atom. The van der Waals surface area contributed by atoms with Gasteiger partial charge in [-0.25, -0.2) is 24.7 Å². The van der Waals surface area contributed by atoms with Crippen molar-refractivity contribution in [2.45, 2.75) is 44.4 Å². The van der Waals surface area contributed by atoms with Crippen LogP contribution in [0.1, 0.15) is 25.8 Å². The number of alkyl halides is 3. The molecule has 11 nitrogen and oxygen atoms in total. The van der Waals surface area contributed by atoms with Gasteiger partial charge in [-0.2, -0.15) is 13.2 Å². The summed E-state index contributed by atoms with van der Waals surface area (Å²) in [7, 11) is 0. The summed E-state index contributed by atoms with van der Waals surface area (Å²) in [6.45, 7) is 5.56. The molecule has 1 unspecified atom stereocenters. The van der Waals surface area contributed by atoms with E-state index in [1.54, 1.807) is 6.20 Å². The summed E-state index contributed by atoms with van der Waals surface area (Å²) in [5, 5.41) is 2.79. The molecule has 2 fully saturated rings. The van der Waals surface area contributed by atoms with Gasteiger partial charge in [-0.1, -0.05) is 12.1 Å². The zero-order chi connectivity index (χ0) is 28.1. The van der Waals surface area contributed by atoms with Gasteiger partial charge in [0.1, 0.15) is 12.7 Å². The predicted octanol–water partition coefficient (Wildman–Crippen LogP) is 4.11. The number of carbonyl (C=O) groups excluding carboxylic acids is 1. The molecule has 3 aliphatic heterocycles. The van der Waals surface area contributed by atoms with Crippen LogP contribution < -0.4 is 19.9 Å². The van der Waals surface area contributed by atoms with Gasteiger partial charge >= 0.3 is 18.2 Å². The number of hydrogen-bond donors (Lipinski definition) is 1. The topological polar surface area (TPSA) is 115 Å². The van der Waals surface area contributed by atoms with Crippen molar-refractivity contribution < 1.29 is 32.2 Å². The normalized spacial score (nSPS) is 21.3. The Morgan fingerprint density at radius 2 is 2.00 bits per heavy atom. The molecule has 0 aliphatic carbocycles. The van der Waals surface area contributed by atoms with Crippen LogP contribution in [0.25, 0.3) is 11.4 Å². The minimum atomic E-state index is -4.50. The van der Waals surface area contributed by atoms with Crippen molar-refractivity contribution in [3.8, 4) is 17.4 Å². The summed E-state index contributed by atoms with van der Waals surface area (Å²) >= 11 is 0. The van der Waals surface area contributed by atoms with E-state index in [1.807, 2.05) is 13.8 Å². The molecule has 210 valence electrons. The van der Waals surface area contributed by atoms with E-state index in [-0.39, 0.29) is 36.2 Å². The van der Waals surface area contributed by atoms with E-state index in [0.717, 1.165) is 12.1 Å². The van der Waals surface area contributed by atoms with E-state index >= 15 is 0 Å². The lowest BCUT2D eigenvalue weighted by Gasteiger charge is -2.35. The van der Waals surface area contributed by atoms with Crippen LogP contribution in [0, 0.1) is 0 Å². The first-order chi connectivity index (χ1) is 19.1. The Morgan fingerprint density at radius 3 is 2.73 bits per heavy atom. The molecule has 0 spiro atoms. The van der Waals surface area contributed by atoms with Crippen LogP contribution in [0.2, 0.25) is 0 Å². The van der Waals surface area contributed by atoms with Crippen molar-refractivity contribution in [2.24, 2.45) is 0 Å². The van der Waals surface area contributed by atoms with Gasteiger partial charge in [0.05, 0.1) is 48.2 Å². The van der Waals surface area contributed by atoms with E-state index in [2.05, 4.69) is 30.2 Å². The summed E-state index contributed by atoms with van der Waals surface area (Å²) in [5.41, 5.74) is 0.382. The number of rotatable bonds is 5. The smallest absolute Gasteiger partial charge is 0.416 e. The molecular formula is C26H26F3N7O4. The highest BCUT2D eigenvalue weighted by Crippen LogP contribution is 2.40. The van der Waals surface area contributed by atoms with Crippen molar-refractivity contribution in [2.75, 3.05) is 41.4 Å². The fourth-order valence-corrected chi connectivity index (χ4v) is 5.00. The second-order valence-electron chi connectivity index (χ2n) is 10.2. The van der Waals surface area contributed by atoms with Crippen LogP contribution in [-0.4, -0.2) is 70.2 Å². The van der Waals surface area contributed by atoms with Gasteiger partial charge in [-0.05, 0) is 32.4 Å². The first kappa shape index (κ1) is 26.2. The number of nitrogens with one attached hydrogen (secondary N) is 1. The molecule has 40 heavy (non-hydrogen) atoms. The van der Waals surface area contributed by atoms with Crippen molar-refractivity contribution in [1.29, 1.82) is 0 Å². The first-order valence-corrected chi connectivity index (χ1v) is 12.7. The molecular weight excluding hydrogens is 531 g/mol. The molecule has 1 N–H and O–H groups in total. The molecule has 3 aliphatic rings. The van der Waals surface area contributed by atoms with E-state index in [0.29, 0.717) is 43.3 Å². The lowest BCUT2D eigenvalue weighted by molar-refractivity contribution is -0.141. The molecule has 2 amide bonds. The van der Waals surface area contributed by atoms with Gasteiger partial charge in [-0.3, -0.25) is 4.90 Å². The molecule has 5 heterocycles. The van der Waals surface area contributed by atoms with Gasteiger partial charge in [0.2, 0.25) is 0 Å². The van der Waals surface area contributed by atoms with Crippen LogP contribution in [0.15, 0.2) is 42.9 Å². The summed E-state index contributed by atoms with van der Waals surface area (Å²) in [6, 6.07) is 4.30. The van der Waals surface area contributed by atoms with Crippen molar-refractivity contribution >= 4 is 23.2 Å². The summed E-state index contributed by atoms with van der Waals surface area (Å²) < 4.78 is 56.6. The second-order valence-corrected chi connectivity index (χ2v) is 10.2. The molecule has 3 aromatic rings. The third-order valence-electron chi connectivity index (χ3n) is 6.86. The number of anilines is 3. The number of nitrogens with zero attached hydrogens (tertiary/aromatic N) is 6. The SMILES string of the molecule is CC1(C)OCC(COc2ncc(NC(=O)N3c4nc(-c5cccc(C(F)(F)F)c5)ncc4N4CC[C@H]3C4)cn2)O1. The number of urea groups is 1. The van der Waals surface area contributed by atoms with Gasteiger partial charge in [0.25, 0.3) is 0 Å². The number of carbonyl (C=O) groups is 1. The Labute approximate surface area is 227 Å². The minimum Gasteiger partial charge on any atom is -0.461 e. The molecule has 2 aromatic heterocycles. The van der Waals surface area contributed by atoms with Crippen molar-refractivity contribution in [1.82, 2.24) is 19.9 Å². The second kappa shape index (κ2) is 9.86. The average Bonchev–Trinajstić information content (AvgIpc) is 3.50. The monoisotopic (exact) mass is 557 g/mol. The molecule has 0 saturated carbocycles. The summed E-state index contributed by atoms with van der Waals surface area (Å²) in [4.78, 5) is 34.2. The van der Waals surface area contributed by atoms with Crippen LogP contribution in [0.4, 0.5) is 35.2 Å². The van der Waals surface area contributed by atoms with Gasteiger partial charge in [0.15, 0.2) is 17.4 Å². The fraction of sp³-hybridized carbons (Fsp3) is 0.423. The van der Waals surface area contributed by atoms with Gasteiger partial charge in [0, 0.05) is 18.7 Å². The average molecular weight is 558 g/mol. The maximum Gasteiger partial charge on any atom is 0.416 e. The van der Waals surface area contributed by atoms with E-state index in [9.17, 15) is 18.0 Å². The van der Waals surface area contributed by atoms with Crippen LogP contribution >= 0.6 is 0 Å². The maximum absolute atomic E-state index is 13.5. The maximum atomic E-state index is 13.5. The number of benzene rings is 1. The zero-order valence-electron chi connectivity index (χ0n) is 21.7.